The summed E-state index contributed by atoms with van der Waals surface area (Å²) in [6.45, 7) is 1.93. The largest absolute Gasteiger partial charge is 0.391 e. The van der Waals surface area contributed by atoms with E-state index in [2.05, 4.69) is 4.98 Å². The van der Waals surface area contributed by atoms with Gasteiger partial charge in [-0.05, 0) is 19.1 Å². The van der Waals surface area contributed by atoms with Gasteiger partial charge in [0.05, 0.1) is 5.69 Å². The molecular weight excluding hydrogens is 220 g/mol. The summed E-state index contributed by atoms with van der Waals surface area (Å²) in [5.74, 6) is -0.0531. The lowest BCUT2D eigenvalue weighted by Crippen LogP contribution is -2.32. The number of benzene rings is 1. The van der Waals surface area contributed by atoms with E-state index in [9.17, 15) is 9.59 Å². The Hall–Kier alpha value is -2.50. The third-order valence-corrected chi connectivity index (χ3v) is 2.48. The summed E-state index contributed by atoms with van der Waals surface area (Å²) in [5, 5.41) is 0. The van der Waals surface area contributed by atoms with Gasteiger partial charge in [0.25, 0.3) is 5.56 Å². The molecule has 0 amide bonds. The van der Waals surface area contributed by atoms with Crippen molar-refractivity contribution in [3.8, 4) is 5.69 Å². The van der Waals surface area contributed by atoms with Crippen LogP contribution in [-0.4, -0.2) is 9.55 Å². The summed E-state index contributed by atoms with van der Waals surface area (Å²) in [6, 6.07) is 7.13. The molecule has 0 bridgehead atoms. The number of nitrogen functional groups attached to an aromatic ring is 2. The highest BCUT2D eigenvalue weighted by molar-refractivity contribution is 5.60. The molecule has 1 aromatic carbocycles. The Morgan fingerprint density at radius 1 is 1.12 bits per heavy atom. The van der Waals surface area contributed by atoms with Gasteiger partial charge in [-0.15, -0.1) is 0 Å². The van der Waals surface area contributed by atoms with E-state index in [0.717, 1.165) is 10.1 Å². The van der Waals surface area contributed by atoms with Crippen molar-refractivity contribution in [2.75, 3.05) is 11.5 Å². The van der Waals surface area contributed by atoms with Gasteiger partial charge in [0.2, 0.25) is 0 Å². The molecule has 0 aliphatic rings. The zero-order chi connectivity index (χ0) is 12.6. The Morgan fingerprint density at radius 2 is 1.71 bits per heavy atom. The number of nitrogens with two attached hydrogens (primary N) is 2. The Morgan fingerprint density at radius 3 is 2.29 bits per heavy atom. The van der Waals surface area contributed by atoms with Crippen molar-refractivity contribution >= 4 is 11.5 Å². The van der Waals surface area contributed by atoms with Crippen molar-refractivity contribution in [3.05, 3.63) is 50.7 Å². The van der Waals surface area contributed by atoms with Crippen molar-refractivity contribution in [1.29, 1.82) is 0 Å². The predicted octanol–water partition coefficient (Wildman–Crippen LogP) is -0.00138. The number of hydrogen-bond acceptors (Lipinski definition) is 4. The average Bonchev–Trinajstić information content (AvgIpc) is 2.29. The Balaban J connectivity index is 2.76. The number of rotatable bonds is 1. The van der Waals surface area contributed by atoms with E-state index < -0.39 is 11.2 Å². The molecule has 17 heavy (non-hydrogen) atoms. The molecule has 88 valence electrons. The van der Waals surface area contributed by atoms with Crippen LogP contribution in [0.15, 0.2) is 33.9 Å². The number of aryl methyl sites for hydroxylation is 1. The molecule has 2 aromatic rings. The fraction of sp³-hybridized carbons (Fsp3) is 0.0909. The van der Waals surface area contributed by atoms with E-state index in [1.807, 2.05) is 19.1 Å². The summed E-state index contributed by atoms with van der Waals surface area (Å²) in [5.41, 5.74) is 11.3. The minimum absolute atomic E-state index is 0.0531. The van der Waals surface area contributed by atoms with Gasteiger partial charge in [-0.2, -0.15) is 0 Å². The van der Waals surface area contributed by atoms with Crippen LogP contribution in [0.4, 0.5) is 11.5 Å². The molecule has 0 saturated heterocycles. The van der Waals surface area contributed by atoms with E-state index in [1.165, 1.54) is 0 Å². The number of anilines is 2. The molecule has 6 heteroatoms. The lowest BCUT2D eigenvalue weighted by molar-refractivity contribution is 0.912. The second-order valence-electron chi connectivity index (χ2n) is 3.73. The van der Waals surface area contributed by atoms with Crippen LogP contribution >= 0.6 is 0 Å². The van der Waals surface area contributed by atoms with Crippen LogP contribution in [0.25, 0.3) is 5.69 Å². The first-order valence-corrected chi connectivity index (χ1v) is 4.98. The van der Waals surface area contributed by atoms with Crippen LogP contribution in [0.5, 0.6) is 0 Å². The average molecular weight is 232 g/mol. The van der Waals surface area contributed by atoms with Crippen molar-refractivity contribution in [2.45, 2.75) is 6.92 Å². The first kappa shape index (κ1) is 11.0. The van der Waals surface area contributed by atoms with E-state index in [0.29, 0.717) is 5.69 Å². The summed E-state index contributed by atoms with van der Waals surface area (Å²) in [4.78, 5) is 25.0. The van der Waals surface area contributed by atoms with Gasteiger partial charge < -0.3 is 11.5 Å². The Bertz CT molecular complexity index is 667. The van der Waals surface area contributed by atoms with Crippen molar-refractivity contribution < 1.29 is 0 Å². The van der Waals surface area contributed by atoms with Gasteiger partial charge in [-0.3, -0.25) is 9.78 Å². The summed E-state index contributed by atoms with van der Waals surface area (Å²) >= 11 is 0. The van der Waals surface area contributed by atoms with Gasteiger partial charge in [-0.25, -0.2) is 9.36 Å². The number of hydrogen-bond donors (Lipinski definition) is 3. The molecule has 0 aliphatic carbocycles. The number of H-pyrrole nitrogens is 1. The zero-order valence-corrected chi connectivity index (χ0v) is 9.23. The number of aromatic amines is 1. The third-order valence-electron chi connectivity index (χ3n) is 2.48. The molecule has 5 N–H and O–H groups in total. The number of nitrogens with zero attached hydrogens (tertiary/aromatic N) is 1. The molecule has 0 saturated carbocycles. The topological polar surface area (TPSA) is 107 Å². The predicted molar refractivity (Wildman–Crippen MR) is 66.2 cm³/mol. The normalized spacial score (nSPS) is 10.4. The quantitative estimate of drug-likeness (QED) is 0.643. The van der Waals surface area contributed by atoms with Crippen LogP contribution in [0.3, 0.4) is 0 Å². The number of aromatic nitrogens is 2. The molecule has 6 nitrogen and oxygen atoms in total. The standard InChI is InChI=1S/C11H12N4O2/c1-6-2-4-7(5-3-6)15-9(13)8(12)10(16)14-11(15)17/h2-5H,12-13H2,1H3,(H,14,16,17). The van der Waals surface area contributed by atoms with Gasteiger partial charge in [0.1, 0.15) is 11.5 Å². The Kier molecular flexibility index (Phi) is 2.47. The van der Waals surface area contributed by atoms with Crippen molar-refractivity contribution in [2.24, 2.45) is 0 Å². The zero-order valence-electron chi connectivity index (χ0n) is 9.23. The fourth-order valence-electron chi connectivity index (χ4n) is 1.52. The maximum absolute atomic E-state index is 11.7. The molecule has 0 fully saturated rings. The van der Waals surface area contributed by atoms with Crippen LogP contribution in [0.2, 0.25) is 0 Å². The first-order valence-electron chi connectivity index (χ1n) is 4.98. The third kappa shape index (κ3) is 1.80. The monoisotopic (exact) mass is 232 g/mol. The molecule has 2 rings (SSSR count). The lowest BCUT2D eigenvalue weighted by Gasteiger charge is -2.10. The van der Waals surface area contributed by atoms with Crippen molar-refractivity contribution in [3.63, 3.8) is 0 Å². The highest BCUT2D eigenvalue weighted by atomic mass is 16.2. The van der Waals surface area contributed by atoms with Gasteiger partial charge in [0, 0.05) is 0 Å². The summed E-state index contributed by atoms with van der Waals surface area (Å²) < 4.78 is 1.16. The molecular formula is C11H12N4O2. The highest BCUT2D eigenvalue weighted by Crippen LogP contribution is 2.13. The molecule has 0 aliphatic heterocycles. The van der Waals surface area contributed by atoms with Crippen LogP contribution < -0.4 is 22.7 Å². The lowest BCUT2D eigenvalue weighted by atomic mass is 10.2. The molecule has 1 aromatic heterocycles. The first-order chi connectivity index (χ1) is 8.00. The molecule has 0 unspecified atom stereocenters. The smallest absolute Gasteiger partial charge is 0.334 e. The van der Waals surface area contributed by atoms with Crippen LogP contribution in [-0.2, 0) is 0 Å². The maximum Gasteiger partial charge on any atom is 0.334 e. The number of nitrogens with one attached hydrogen (secondary N) is 1. The van der Waals surface area contributed by atoms with Gasteiger partial charge >= 0.3 is 5.69 Å². The van der Waals surface area contributed by atoms with Crippen molar-refractivity contribution in [1.82, 2.24) is 9.55 Å². The molecule has 0 spiro atoms. The molecule has 1 heterocycles. The van der Waals surface area contributed by atoms with E-state index >= 15 is 0 Å². The summed E-state index contributed by atoms with van der Waals surface area (Å²) in [6.07, 6.45) is 0. The fourth-order valence-corrected chi connectivity index (χ4v) is 1.52. The highest BCUT2D eigenvalue weighted by Gasteiger charge is 2.10. The minimum Gasteiger partial charge on any atom is -0.391 e. The Labute approximate surface area is 96.5 Å². The van der Waals surface area contributed by atoms with E-state index in [-0.39, 0.29) is 11.5 Å². The SMILES string of the molecule is Cc1ccc(-n2c(N)c(N)c(=O)[nH]c2=O)cc1. The second kappa shape index (κ2) is 3.82. The van der Waals surface area contributed by atoms with Gasteiger partial charge in [-0.1, -0.05) is 17.7 Å². The van der Waals surface area contributed by atoms with Crippen LogP contribution in [0.1, 0.15) is 5.56 Å². The minimum atomic E-state index is -0.670. The van der Waals surface area contributed by atoms with Crippen LogP contribution in [0, 0.1) is 6.92 Å². The second-order valence-corrected chi connectivity index (χ2v) is 3.73. The van der Waals surface area contributed by atoms with E-state index in [1.54, 1.807) is 12.1 Å². The maximum atomic E-state index is 11.7. The van der Waals surface area contributed by atoms with Gasteiger partial charge in [0.15, 0.2) is 0 Å². The van der Waals surface area contributed by atoms with E-state index in [4.69, 9.17) is 11.5 Å². The summed E-state index contributed by atoms with van der Waals surface area (Å²) in [7, 11) is 0. The molecule has 0 atom stereocenters. The molecule has 0 radical (unpaired) electrons.